The number of anilines is 1. The van der Waals surface area contributed by atoms with E-state index < -0.39 is 10.8 Å². The maximum atomic E-state index is 12.1. The fourth-order valence-corrected chi connectivity index (χ4v) is 2.71. The Hall–Kier alpha value is -3.38. The Morgan fingerprint density at radius 2 is 1.93 bits per heavy atom. The van der Waals surface area contributed by atoms with Crippen LogP contribution in [-0.2, 0) is 4.79 Å². The van der Waals surface area contributed by atoms with Crippen molar-refractivity contribution in [1.29, 1.82) is 0 Å². The normalized spacial score (nSPS) is 10.9. The minimum atomic E-state index is -0.567. The summed E-state index contributed by atoms with van der Waals surface area (Å²) < 4.78 is 5.69. The molecule has 0 aliphatic heterocycles. The number of halogens is 1. The first kappa shape index (κ1) is 18.4. The SMILES string of the molecule is Cc1cc([N+](=O)[O-])c(Cl)cc1NC(=O)/C=C/c1ccc(-c2ccccc2)o1. The van der Waals surface area contributed by atoms with Crippen molar-refractivity contribution < 1.29 is 14.1 Å². The van der Waals surface area contributed by atoms with Crippen LogP contribution in [-0.4, -0.2) is 10.8 Å². The highest BCUT2D eigenvalue weighted by Crippen LogP contribution is 2.30. The molecule has 1 aromatic heterocycles. The summed E-state index contributed by atoms with van der Waals surface area (Å²) in [6, 6.07) is 15.9. The third-order valence-electron chi connectivity index (χ3n) is 3.83. The number of carbonyl (C=O) groups is 1. The Labute approximate surface area is 160 Å². The van der Waals surface area contributed by atoms with Crippen LogP contribution in [0.5, 0.6) is 0 Å². The second-order valence-electron chi connectivity index (χ2n) is 5.77. The average Bonchev–Trinajstić information content (AvgIpc) is 3.12. The molecule has 2 aromatic carbocycles. The van der Waals surface area contributed by atoms with Gasteiger partial charge >= 0.3 is 0 Å². The number of amides is 1. The molecule has 0 unspecified atom stereocenters. The first-order chi connectivity index (χ1) is 12.9. The Kier molecular flexibility index (Phi) is 5.38. The largest absolute Gasteiger partial charge is 0.457 e. The number of nitro benzene ring substituents is 1. The van der Waals surface area contributed by atoms with E-state index in [1.807, 2.05) is 36.4 Å². The van der Waals surface area contributed by atoms with Gasteiger partial charge in [-0.05, 0) is 36.8 Å². The number of hydrogen-bond donors (Lipinski definition) is 1. The number of nitrogens with zero attached hydrogens (tertiary/aromatic N) is 1. The molecule has 0 aliphatic rings. The summed E-state index contributed by atoms with van der Waals surface area (Å²) in [6.07, 6.45) is 2.87. The lowest BCUT2D eigenvalue weighted by molar-refractivity contribution is -0.384. The van der Waals surface area contributed by atoms with Gasteiger partial charge in [0.25, 0.3) is 5.69 Å². The molecular formula is C20H15ClN2O4. The molecule has 7 heteroatoms. The molecule has 0 fully saturated rings. The highest BCUT2D eigenvalue weighted by molar-refractivity contribution is 6.33. The van der Waals surface area contributed by atoms with Crippen LogP contribution in [0, 0.1) is 17.0 Å². The summed E-state index contributed by atoms with van der Waals surface area (Å²) in [7, 11) is 0. The smallest absolute Gasteiger partial charge is 0.288 e. The van der Waals surface area contributed by atoms with Gasteiger partial charge in [0.15, 0.2) is 0 Å². The second kappa shape index (κ2) is 7.88. The lowest BCUT2D eigenvalue weighted by atomic mass is 10.1. The van der Waals surface area contributed by atoms with E-state index in [2.05, 4.69) is 5.32 Å². The first-order valence-electron chi connectivity index (χ1n) is 8.03. The van der Waals surface area contributed by atoms with Crippen molar-refractivity contribution >= 4 is 35.0 Å². The zero-order chi connectivity index (χ0) is 19.4. The number of nitro groups is 1. The van der Waals surface area contributed by atoms with E-state index in [1.165, 1.54) is 18.2 Å². The van der Waals surface area contributed by atoms with E-state index in [4.69, 9.17) is 16.0 Å². The third-order valence-corrected chi connectivity index (χ3v) is 4.14. The Balaban J connectivity index is 1.70. The molecule has 6 nitrogen and oxygen atoms in total. The van der Waals surface area contributed by atoms with Gasteiger partial charge in [-0.15, -0.1) is 0 Å². The van der Waals surface area contributed by atoms with E-state index >= 15 is 0 Å². The predicted molar refractivity (Wildman–Crippen MR) is 105 cm³/mol. The van der Waals surface area contributed by atoms with Crippen molar-refractivity contribution in [2.75, 3.05) is 5.32 Å². The third kappa shape index (κ3) is 4.43. The second-order valence-corrected chi connectivity index (χ2v) is 6.17. The summed E-state index contributed by atoms with van der Waals surface area (Å²) >= 11 is 5.89. The lowest BCUT2D eigenvalue weighted by Gasteiger charge is -2.07. The predicted octanol–water partition coefficient (Wildman–Crippen LogP) is 5.47. The Bertz CT molecular complexity index is 1030. The van der Waals surface area contributed by atoms with Crippen LogP contribution in [0.1, 0.15) is 11.3 Å². The molecule has 0 radical (unpaired) electrons. The number of nitrogens with one attached hydrogen (secondary N) is 1. The first-order valence-corrected chi connectivity index (χ1v) is 8.40. The molecule has 1 N–H and O–H groups in total. The topological polar surface area (TPSA) is 85.4 Å². The molecule has 1 amide bonds. The van der Waals surface area contributed by atoms with Crippen LogP contribution in [0.2, 0.25) is 5.02 Å². The minimum absolute atomic E-state index is 0.0385. The highest BCUT2D eigenvalue weighted by Gasteiger charge is 2.15. The van der Waals surface area contributed by atoms with Crippen LogP contribution < -0.4 is 5.32 Å². The van der Waals surface area contributed by atoms with Gasteiger partial charge in [-0.1, -0.05) is 41.9 Å². The van der Waals surface area contributed by atoms with Crippen molar-refractivity contribution in [3.05, 3.63) is 87.1 Å². The van der Waals surface area contributed by atoms with Gasteiger partial charge in [-0.25, -0.2) is 0 Å². The molecule has 3 rings (SSSR count). The van der Waals surface area contributed by atoms with E-state index in [0.29, 0.717) is 22.8 Å². The van der Waals surface area contributed by atoms with Gasteiger partial charge in [0, 0.05) is 23.4 Å². The zero-order valence-electron chi connectivity index (χ0n) is 14.3. The highest BCUT2D eigenvalue weighted by atomic mass is 35.5. The van der Waals surface area contributed by atoms with Gasteiger partial charge in [0.2, 0.25) is 5.91 Å². The molecular weight excluding hydrogens is 368 g/mol. The molecule has 1 heterocycles. The zero-order valence-corrected chi connectivity index (χ0v) is 15.1. The summed E-state index contributed by atoms with van der Waals surface area (Å²) in [5.74, 6) is 0.830. The lowest BCUT2D eigenvalue weighted by Crippen LogP contribution is -2.09. The number of benzene rings is 2. The fourth-order valence-electron chi connectivity index (χ4n) is 2.47. The summed E-state index contributed by atoms with van der Waals surface area (Å²) in [5, 5.41) is 13.5. The van der Waals surface area contributed by atoms with Gasteiger partial charge in [-0.2, -0.15) is 0 Å². The average molecular weight is 383 g/mol. The van der Waals surface area contributed by atoms with Crippen molar-refractivity contribution in [2.24, 2.45) is 0 Å². The Morgan fingerprint density at radius 1 is 1.19 bits per heavy atom. The number of furan rings is 1. The van der Waals surface area contributed by atoms with Crippen molar-refractivity contribution in [1.82, 2.24) is 0 Å². The molecule has 0 saturated heterocycles. The summed E-state index contributed by atoms with van der Waals surface area (Å²) in [4.78, 5) is 22.4. The molecule has 0 spiro atoms. The standard InChI is InChI=1S/C20H15ClN2O4/c1-13-11-18(23(25)26)16(21)12-17(13)22-20(24)10-8-15-7-9-19(27-15)14-5-3-2-4-6-14/h2-12H,1H3,(H,22,24)/b10-8+. The van der Waals surface area contributed by atoms with E-state index in [9.17, 15) is 14.9 Å². The molecule has 3 aromatic rings. The fraction of sp³-hybridized carbons (Fsp3) is 0.0500. The van der Waals surface area contributed by atoms with Gasteiger partial charge in [0.1, 0.15) is 16.5 Å². The molecule has 0 aliphatic carbocycles. The van der Waals surface area contributed by atoms with E-state index in [1.54, 1.807) is 19.1 Å². The van der Waals surface area contributed by atoms with Crippen LogP contribution in [0.3, 0.4) is 0 Å². The van der Waals surface area contributed by atoms with Crippen molar-refractivity contribution in [3.8, 4) is 11.3 Å². The molecule has 136 valence electrons. The number of rotatable bonds is 5. The van der Waals surface area contributed by atoms with Crippen LogP contribution in [0.25, 0.3) is 17.4 Å². The van der Waals surface area contributed by atoms with Crippen molar-refractivity contribution in [3.63, 3.8) is 0 Å². The summed E-state index contributed by atoms with van der Waals surface area (Å²) in [5.41, 5.74) is 1.69. The number of carbonyl (C=O) groups excluding carboxylic acids is 1. The maximum Gasteiger partial charge on any atom is 0.288 e. The van der Waals surface area contributed by atoms with E-state index in [0.717, 1.165) is 5.56 Å². The van der Waals surface area contributed by atoms with Crippen LogP contribution in [0.15, 0.2) is 65.1 Å². The monoisotopic (exact) mass is 382 g/mol. The molecule has 0 bridgehead atoms. The van der Waals surface area contributed by atoms with Crippen molar-refractivity contribution in [2.45, 2.75) is 6.92 Å². The minimum Gasteiger partial charge on any atom is -0.457 e. The maximum absolute atomic E-state index is 12.1. The summed E-state index contributed by atoms with van der Waals surface area (Å²) in [6.45, 7) is 1.65. The van der Waals surface area contributed by atoms with Gasteiger partial charge < -0.3 is 9.73 Å². The van der Waals surface area contributed by atoms with Gasteiger partial charge in [0.05, 0.1) is 4.92 Å². The molecule has 27 heavy (non-hydrogen) atoms. The Morgan fingerprint density at radius 3 is 2.63 bits per heavy atom. The van der Waals surface area contributed by atoms with Crippen LogP contribution in [0.4, 0.5) is 11.4 Å². The van der Waals surface area contributed by atoms with Gasteiger partial charge in [-0.3, -0.25) is 14.9 Å². The number of hydrogen-bond acceptors (Lipinski definition) is 4. The van der Waals surface area contributed by atoms with E-state index in [-0.39, 0.29) is 10.7 Å². The number of aryl methyl sites for hydroxylation is 1. The molecule has 0 saturated carbocycles. The van der Waals surface area contributed by atoms with Crippen LogP contribution >= 0.6 is 11.6 Å². The molecule has 0 atom stereocenters. The quantitative estimate of drug-likeness (QED) is 0.360.